The predicted octanol–water partition coefficient (Wildman–Crippen LogP) is 4.46. The van der Waals surface area contributed by atoms with Crippen molar-refractivity contribution in [1.29, 1.82) is 0 Å². The number of hydrogen-bond donors (Lipinski definition) is 2. The zero-order valence-corrected chi connectivity index (χ0v) is 25.2. The molecular weight excluding hydrogens is 560 g/mol. The highest BCUT2D eigenvalue weighted by atomic mass is 32.2. The van der Waals surface area contributed by atoms with Crippen LogP contribution in [-0.4, -0.2) is 57.8 Å². The summed E-state index contributed by atoms with van der Waals surface area (Å²) in [6.45, 7) is 7.40. The summed E-state index contributed by atoms with van der Waals surface area (Å²) in [6.07, 6.45) is 4.33. The summed E-state index contributed by atoms with van der Waals surface area (Å²) in [5, 5.41) is 14.8. The molecule has 0 aliphatic carbocycles. The van der Waals surface area contributed by atoms with E-state index < -0.39 is 47.0 Å². The summed E-state index contributed by atoms with van der Waals surface area (Å²) in [5.74, 6) is -1.90. The van der Waals surface area contributed by atoms with Crippen molar-refractivity contribution in [3.8, 4) is 17.3 Å². The van der Waals surface area contributed by atoms with Gasteiger partial charge in [-0.2, -0.15) is 13.5 Å². The van der Waals surface area contributed by atoms with Crippen molar-refractivity contribution in [2.45, 2.75) is 44.9 Å². The molecule has 0 aliphatic heterocycles. The van der Waals surface area contributed by atoms with E-state index in [0.717, 1.165) is 17.2 Å². The Hall–Kier alpha value is -3.58. The smallest absolute Gasteiger partial charge is 0.265 e. The number of rotatable bonds is 13. The Bertz CT molecular complexity index is 1560. The molecule has 0 amide bonds. The molecule has 41 heavy (non-hydrogen) atoms. The van der Waals surface area contributed by atoms with Crippen LogP contribution in [0.15, 0.2) is 84.0 Å². The lowest BCUT2D eigenvalue weighted by molar-refractivity contribution is 0.0769. The minimum atomic E-state index is -4.38. The molecule has 0 radical (unpaired) electrons. The molecule has 10 nitrogen and oxygen atoms in total. The minimum absolute atomic E-state index is 0.0432. The Balaban J connectivity index is 1.70. The van der Waals surface area contributed by atoms with Gasteiger partial charge < -0.3 is 14.4 Å². The standard InChI is InChI=1S/C29H36N4O6SSi/c1-41(2,3)17-16-39-21-33-19-25(34)28(35)27(31-33)29-30-14-15-32(29)18-24(20-40(36,37)38)26(22-10-6-4-7-11-22)23-12-8-5-9-13-23/h4-15,19,24,26,34H,16-18,20-21H2,1-3H3,(H,36,37,38). The van der Waals surface area contributed by atoms with Crippen molar-refractivity contribution in [3.63, 3.8) is 0 Å². The highest BCUT2D eigenvalue weighted by molar-refractivity contribution is 7.85. The number of benzene rings is 2. The van der Waals surface area contributed by atoms with Crippen LogP contribution in [-0.2, 0) is 28.1 Å². The maximum absolute atomic E-state index is 13.0. The highest BCUT2D eigenvalue weighted by Gasteiger charge is 2.30. The fourth-order valence-corrected chi connectivity index (χ4v) is 6.38. The van der Waals surface area contributed by atoms with Crippen molar-refractivity contribution in [3.05, 3.63) is 101 Å². The zero-order chi connectivity index (χ0) is 29.6. The first-order chi connectivity index (χ1) is 19.4. The SMILES string of the molecule is C[Si](C)(C)CCOCn1cc(O)c(=O)c(-c2nccn2CC(CS(=O)(=O)O)C(c2ccccc2)c2ccccc2)n1. The van der Waals surface area contributed by atoms with Crippen LogP contribution in [0.25, 0.3) is 11.5 Å². The fraction of sp³-hybridized carbons (Fsp3) is 0.345. The highest BCUT2D eigenvalue weighted by Crippen LogP contribution is 2.34. The Morgan fingerprint density at radius 3 is 2.17 bits per heavy atom. The topological polar surface area (TPSA) is 137 Å². The Labute approximate surface area is 241 Å². The van der Waals surface area contributed by atoms with Gasteiger partial charge in [0.2, 0.25) is 0 Å². The Kier molecular flexibility index (Phi) is 9.59. The monoisotopic (exact) mass is 596 g/mol. The van der Waals surface area contributed by atoms with Gasteiger partial charge >= 0.3 is 0 Å². The molecule has 0 fully saturated rings. The number of aromatic hydroxyl groups is 1. The summed E-state index contributed by atoms with van der Waals surface area (Å²) in [7, 11) is -5.68. The molecule has 0 saturated carbocycles. The molecule has 0 spiro atoms. The van der Waals surface area contributed by atoms with Crippen LogP contribution in [0.5, 0.6) is 5.75 Å². The van der Waals surface area contributed by atoms with Crippen LogP contribution < -0.4 is 5.43 Å². The normalized spacial score (nSPS) is 13.0. The third-order valence-corrected chi connectivity index (χ3v) is 9.29. The van der Waals surface area contributed by atoms with E-state index in [4.69, 9.17) is 4.74 Å². The second kappa shape index (κ2) is 12.9. The second-order valence-electron chi connectivity index (χ2n) is 11.3. The van der Waals surface area contributed by atoms with Gasteiger partial charge in [0.1, 0.15) is 6.73 Å². The van der Waals surface area contributed by atoms with Gasteiger partial charge in [-0.3, -0.25) is 9.35 Å². The number of ether oxygens (including phenoxy) is 1. The average Bonchev–Trinajstić information content (AvgIpc) is 3.36. The van der Waals surface area contributed by atoms with Gasteiger partial charge in [0.25, 0.3) is 15.5 Å². The molecule has 0 saturated heterocycles. The van der Waals surface area contributed by atoms with Gasteiger partial charge in [-0.05, 0) is 17.2 Å². The summed E-state index contributed by atoms with van der Waals surface area (Å²) < 4.78 is 43.2. The van der Waals surface area contributed by atoms with E-state index in [-0.39, 0.29) is 24.8 Å². The molecule has 2 heterocycles. The van der Waals surface area contributed by atoms with Gasteiger partial charge in [0, 0.05) is 45.5 Å². The van der Waals surface area contributed by atoms with E-state index in [1.807, 2.05) is 60.7 Å². The van der Waals surface area contributed by atoms with Gasteiger partial charge in [0.15, 0.2) is 17.3 Å². The summed E-state index contributed by atoms with van der Waals surface area (Å²) in [4.78, 5) is 17.3. The number of hydrogen-bond acceptors (Lipinski definition) is 7. The van der Waals surface area contributed by atoms with Crippen LogP contribution in [0.2, 0.25) is 25.7 Å². The van der Waals surface area contributed by atoms with Crippen molar-refractivity contribution >= 4 is 18.2 Å². The van der Waals surface area contributed by atoms with E-state index in [1.54, 1.807) is 10.8 Å². The van der Waals surface area contributed by atoms with Crippen molar-refractivity contribution in [1.82, 2.24) is 19.3 Å². The van der Waals surface area contributed by atoms with E-state index in [2.05, 4.69) is 29.7 Å². The average molecular weight is 597 g/mol. The van der Waals surface area contributed by atoms with E-state index in [0.29, 0.717) is 6.61 Å². The molecule has 1 atom stereocenters. The molecule has 0 bridgehead atoms. The molecule has 1 unspecified atom stereocenters. The second-order valence-corrected chi connectivity index (χ2v) is 18.4. The lowest BCUT2D eigenvalue weighted by atomic mass is 9.81. The largest absolute Gasteiger partial charge is 0.503 e. The lowest BCUT2D eigenvalue weighted by Gasteiger charge is -2.28. The maximum Gasteiger partial charge on any atom is 0.265 e. The van der Waals surface area contributed by atoms with Crippen LogP contribution in [0.4, 0.5) is 0 Å². The molecule has 2 aromatic heterocycles. The first-order valence-corrected chi connectivity index (χ1v) is 18.7. The summed E-state index contributed by atoms with van der Waals surface area (Å²) >= 11 is 0. The third kappa shape index (κ3) is 8.46. The summed E-state index contributed by atoms with van der Waals surface area (Å²) in [6, 6.07) is 19.9. The van der Waals surface area contributed by atoms with Crippen LogP contribution in [0, 0.1) is 5.92 Å². The third-order valence-electron chi connectivity index (χ3n) is 6.74. The molecule has 2 aromatic carbocycles. The first kappa shape index (κ1) is 30.4. The van der Waals surface area contributed by atoms with Crippen LogP contribution in [0.3, 0.4) is 0 Å². The molecule has 12 heteroatoms. The zero-order valence-electron chi connectivity index (χ0n) is 23.4. The van der Waals surface area contributed by atoms with Crippen LogP contribution in [0.1, 0.15) is 17.0 Å². The minimum Gasteiger partial charge on any atom is -0.503 e. The predicted molar refractivity (Wildman–Crippen MR) is 160 cm³/mol. The fourth-order valence-electron chi connectivity index (χ4n) is 4.78. The molecule has 218 valence electrons. The molecular formula is C29H36N4O6SSi. The number of imidazole rings is 1. The summed E-state index contributed by atoms with van der Waals surface area (Å²) in [5.41, 5.74) is 0.958. The quantitative estimate of drug-likeness (QED) is 0.131. The van der Waals surface area contributed by atoms with Crippen molar-refractivity contribution in [2.24, 2.45) is 5.92 Å². The Morgan fingerprint density at radius 1 is 1.00 bits per heavy atom. The first-order valence-electron chi connectivity index (χ1n) is 13.4. The van der Waals surface area contributed by atoms with Crippen molar-refractivity contribution < 1.29 is 22.8 Å². The van der Waals surface area contributed by atoms with E-state index >= 15 is 0 Å². The van der Waals surface area contributed by atoms with Crippen LogP contribution >= 0.6 is 0 Å². The molecule has 0 aliphatic rings. The van der Waals surface area contributed by atoms with E-state index in [1.165, 1.54) is 17.1 Å². The van der Waals surface area contributed by atoms with E-state index in [9.17, 15) is 22.9 Å². The van der Waals surface area contributed by atoms with Crippen molar-refractivity contribution in [2.75, 3.05) is 12.4 Å². The number of nitrogens with zero attached hydrogens (tertiary/aromatic N) is 4. The molecule has 4 rings (SSSR count). The van der Waals surface area contributed by atoms with Gasteiger partial charge in [0.05, 0.1) is 11.9 Å². The molecule has 4 aromatic rings. The number of aromatic nitrogens is 4. The van der Waals surface area contributed by atoms with Gasteiger partial charge in [-0.1, -0.05) is 80.3 Å². The maximum atomic E-state index is 13.0. The van der Waals surface area contributed by atoms with Gasteiger partial charge in [-0.15, -0.1) is 0 Å². The lowest BCUT2D eigenvalue weighted by Crippen LogP contribution is -2.28. The molecule has 2 N–H and O–H groups in total. The Morgan fingerprint density at radius 2 is 1.61 bits per heavy atom. The van der Waals surface area contributed by atoms with Gasteiger partial charge in [-0.25, -0.2) is 9.67 Å².